The predicted molar refractivity (Wildman–Crippen MR) is 112 cm³/mol. The van der Waals surface area contributed by atoms with Crippen molar-refractivity contribution >= 4 is 15.9 Å². The summed E-state index contributed by atoms with van der Waals surface area (Å²) in [6, 6.07) is 15.3. The van der Waals surface area contributed by atoms with Crippen LogP contribution in [0.25, 0.3) is 0 Å². The maximum Gasteiger partial charge on any atom is 0.251 e. The fourth-order valence-corrected chi connectivity index (χ4v) is 5.04. The van der Waals surface area contributed by atoms with Crippen LogP contribution >= 0.6 is 0 Å². The second kappa shape index (κ2) is 8.65. The van der Waals surface area contributed by atoms with E-state index >= 15 is 0 Å². The minimum atomic E-state index is -3.56. The lowest BCUT2D eigenvalue weighted by Crippen LogP contribution is -2.42. The number of carbonyl (C=O) groups excluding carboxylic acids is 1. The summed E-state index contributed by atoms with van der Waals surface area (Å²) in [5, 5.41) is 14.0. The van der Waals surface area contributed by atoms with Crippen molar-refractivity contribution < 1.29 is 18.3 Å². The summed E-state index contributed by atoms with van der Waals surface area (Å²) in [5.74, 6) is -0.210. The van der Waals surface area contributed by atoms with Crippen LogP contribution in [0, 0.1) is 5.92 Å². The molecule has 2 aromatic rings. The lowest BCUT2D eigenvalue weighted by atomic mass is 9.88. The van der Waals surface area contributed by atoms with Gasteiger partial charge in [-0.25, -0.2) is 8.42 Å². The average molecular weight is 417 g/mol. The Labute approximate surface area is 172 Å². The second-order valence-corrected chi connectivity index (χ2v) is 9.30. The number of carbonyl (C=O) groups is 1. The first-order chi connectivity index (χ1) is 13.8. The Morgan fingerprint density at radius 1 is 1.07 bits per heavy atom. The molecule has 0 radical (unpaired) electrons. The summed E-state index contributed by atoms with van der Waals surface area (Å²) in [6.07, 6.45) is 1.86. The number of aliphatic hydroxyl groups is 1. The highest BCUT2D eigenvalue weighted by atomic mass is 32.2. The Bertz CT molecular complexity index is 937. The zero-order valence-corrected chi connectivity index (χ0v) is 17.7. The molecule has 3 rings (SSSR count). The first-order valence-electron chi connectivity index (χ1n) is 9.99. The molecule has 0 spiro atoms. The maximum atomic E-state index is 12.6. The van der Waals surface area contributed by atoms with Crippen molar-refractivity contribution in [3.8, 4) is 0 Å². The van der Waals surface area contributed by atoms with E-state index in [1.165, 1.54) is 28.6 Å². The standard InChI is InChI=1S/C22H28N2O4S/c1-3-24(4-2)29(27,28)20-14-10-17(11-15-20)21(25)23-16-22(26,19-12-13-19)18-8-6-5-7-9-18/h5-11,14-15,19,26H,3-4,12-13,16H2,1-2H3,(H,23,25). The molecule has 0 heterocycles. The predicted octanol–water partition coefficient (Wildman–Crippen LogP) is 2.74. The number of sulfonamides is 1. The molecule has 156 valence electrons. The van der Waals surface area contributed by atoms with Crippen molar-refractivity contribution in [3.63, 3.8) is 0 Å². The van der Waals surface area contributed by atoms with E-state index in [2.05, 4.69) is 5.32 Å². The zero-order valence-electron chi connectivity index (χ0n) is 16.8. The van der Waals surface area contributed by atoms with Crippen LogP contribution in [0.4, 0.5) is 0 Å². The van der Waals surface area contributed by atoms with Crippen LogP contribution < -0.4 is 5.32 Å². The summed E-state index contributed by atoms with van der Waals surface area (Å²) < 4.78 is 26.5. The molecule has 1 aliphatic rings. The van der Waals surface area contributed by atoms with Gasteiger partial charge in [-0.05, 0) is 48.6 Å². The lowest BCUT2D eigenvalue weighted by Gasteiger charge is -2.29. The van der Waals surface area contributed by atoms with Crippen LogP contribution in [0.3, 0.4) is 0 Å². The third-order valence-electron chi connectivity index (χ3n) is 5.50. The first kappa shape index (κ1) is 21.5. The van der Waals surface area contributed by atoms with Crippen molar-refractivity contribution in [1.29, 1.82) is 0 Å². The molecule has 7 heteroatoms. The fourth-order valence-electron chi connectivity index (χ4n) is 3.58. The van der Waals surface area contributed by atoms with Gasteiger partial charge in [0.15, 0.2) is 0 Å². The molecule has 0 aliphatic heterocycles. The lowest BCUT2D eigenvalue weighted by molar-refractivity contribution is 0.0135. The molecule has 0 aromatic heterocycles. The van der Waals surface area contributed by atoms with E-state index in [0.717, 1.165) is 18.4 Å². The molecule has 6 nitrogen and oxygen atoms in total. The van der Waals surface area contributed by atoms with Gasteiger partial charge >= 0.3 is 0 Å². The van der Waals surface area contributed by atoms with E-state index in [4.69, 9.17) is 0 Å². The molecule has 1 aliphatic carbocycles. The molecule has 1 saturated carbocycles. The highest BCUT2D eigenvalue weighted by Gasteiger charge is 2.45. The third-order valence-corrected chi connectivity index (χ3v) is 7.57. The summed E-state index contributed by atoms with van der Waals surface area (Å²) in [7, 11) is -3.56. The molecular formula is C22H28N2O4S. The number of amides is 1. The Morgan fingerprint density at radius 3 is 2.17 bits per heavy atom. The Balaban J connectivity index is 1.71. The first-order valence-corrected chi connectivity index (χ1v) is 11.4. The number of hydrogen-bond acceptors (Lipinski definition) is 4. The number of nitrogens with one attached hydrogen (secondary N) is 1. The van der Waals surface area contributed by atoms with Gasteiger partial charge in [0.1, 0.15) is 5.60 Å². The number of nitrogens with zero attached hydrogens (tertiary/aromatic N) is 1. The smallest absolute Gasteiger partial charge is 0.251 e. The van der Waals surface area contributed by atoms with Gasteiger partial charge in [0.05, 0.1) is 11.4 Å². The van der Waals surface area contributed by atoms with Gasteiger partial charge in [0.25, 0.3) is 5.91 Å². The SMILES string of the molecule is CCN(CC)S(=O)(=O)c1ccc(C(=O)NCC(O)(c2ccccc2)C2CC2)cc1. The second-order valence-electron chi connectivity index (χ2n) is 7.36. The molecule has 1 unspecified atom stereocenters. The molecule has 0 bridgehead atoms. The van der Waals surface area contributed by atoms with Crippen molar-refractivity contribution in [2.45, 2.75) is 37.2 Å². The molecule has 2 aromatic carbocycles. The van der Waals surface area contributed by atoms with Crippen LogP contribution in [0.5, 0.6) is 0 Å². The van der Waals surface area contributed by atoms with Crippen LogP contribution in [0.15, 0.2) is 59.5 Å². The number of benzene rings is 2. The monoisotopic (exact) mass is 416 g/mol. The third kappa shape index (κ3) is 4.52. The van der Waals surface area contributed by atoms with Gasteiger partial charge < -0.3 is 10.4 Å². The van der Waals surface area contributed by atoms with Gasteiger partial charge in [0, 0.05) is 18.7 Å². The average Bonchev–Trinajstić information content (AvgIpc) is 3.59. The topological polar surface area (TPSA) is 86.7 Å². The molecule has 2 N–H and O–H groups in total. The van der Waals surface area contributed by atoms with Gasteiger partial charge in [-0.3, -0.25) is 4.79 Å². The van der Waals surface area contributed by atoms with Crippen molar-refractivity contribution in [1.82, 2.24) is 9.62 Å². The van der Waals surface area contributed by atoms with E-state index in [1.807, 2.05) is 30.3 Å². The Hall–Kier alpha value is -2.22. The van der Waals surface area contributed by atoms with Crippen molar-refractivity contribution in [2.75, 3.05) is 19.6 Å². The van der Waals surface area contributed by atoms with E-state index in [-0.39, 0.29) is 23.3 Å². The largest absolute Gasteiger partial charge is 0.383 e. The Kier molecular flexibility index (Phi) is 6.41. The van der Waals surface area contributed by atoms with Gasteiger partial charge in [-0.15, -0.1) is 0 Å². The molecule has 1 amide bonds. The molecule has 1 atom stereocenters. The van der Waals surface area contributed by atoms with E-state index in [0.29, 0.717) is 18.7 Å². The van der Waals surface area contributed by atoms with E-state index < -0.39 is 15.6 Å². The highest BCUT2D eigenvalue weighted by molar-refractivity contribution is 7.89. The normalized spacial score (nSPS) is 16.4. The van der Waals surface area contributed by atoms with Gasteiger partial charge in [-0.1, -0.05) is 44.2 Å². The minimum Gasteiger partial charge on any atom is -0.383 e. The summed E-state index contributed by atoms with van der Waals surface area (Å²) in [6.45, 7) is 4.47. The minimum absolute atomic E-state index is 0.111. The Morgan fingerprint density at radius 2 is 1.66 bits per heavy atom. The quantitative estimate of drug-likeness (QED) is 0.658. The van der Waals surface area contributed by atoms with Gasteiger partial charge in [-0.2, -0.15) is 4.31 Å². The number of rotatable bonds is 9. The van der Waals surface area contributed by atoms with Crippen LogP contribution in [0.1, 0.15) is 42.6 Å². The van der Waals surface area contributed by atoms with E-state index in [9.17, 15) is 18.3 Å². The summed E-state index contributed by atoms with van der Waals surface area (Å²) in [4.78, 5) is 12.8. The highest BCUT2D eigenvalue weighted by Crippen LogP contribution is 2.45. The maximum absolute atomic E-state index is 12.6. The van der Waals surface area contributed by atoms with Crippen molar-refractivity contribution in [3.05, 3.63) is 65.7 Å². The molecular weight excluding hydrogens is 388 g/mol. The van der Waals surface area contributed by atoms with Crippen molar-refractivity contribution in [2.24, 2.45) is 5.92 Å². The zero-order chi connectivity index (χ0) is 21.1. The fraction of sp³-hybridized carbons (Fsp3) is 0.409. The summed E-state index contributed by atoms with van der Waals surface area (Å²) >= 11 is 0. The van der Waals surface area contributed by atoms with Gasteiger partial charge in [0.2, 0.25) is 10.0 Å². The molecule has 29 heavy (non-hydrogen) atoms. The van der Waals surface area contributed by atoms with Crippen LogP contribution in [-0.2, 0) is 15.6 Å². The van der Waals surface area contributed by atoms with E-state index in [1.54, 1.807) is 13.8 Å². The van der Waals surface area contributed by atoms with Crippen LogP contribution in [-0.4, -0.2) is 43.4 Å². The van der Waals surface area contributed by atoms with Crippen LogP contribution in [0.2, 0.25) is 0 Å². The molecule has 0 saturated heterocycles. The summed E-state index contributed by atoms with van der Waals surface area (Å²) in [5.41, 5.74) is 0.0568. The molecule has 1 fully saturated rings. The number of hydrogen-bond donors (Lipinski definition) is 2.